The number of carbonyl (C=O) groups is 1. The van der Waals surface area contributed by atoms with E-state index in [0.717, 1.165) is 41.8 Å². The lowest BCUT2D eigenvalue weighted by Crippen LogP contribution is -2.23. The summed E-state index contributed by atoms with van der Waals surface area (Å²) in [6.07, 6.45) is 4.77. The van der Waals surface area contributed by atoms with Crippen molar-refractivity contribution in [1.29, 1.82) is 0 Å². The molecule has 0 atom stereocenters. The predicted molar refractivity (Wildman–Crippen MR) is 109 cm³/mol. The van der Waals surface area contributed by atoms with Gasteiger partial charge in [0.15, 0.2) is 0 Å². The first-order valence-corrected chi connectivity index (χ1v) is 9.38. The van der Waals surface area contributed by atoms with Gasteiger partial charge in [0.25, 0.3) is 5.91 Å². The summed E-state index contributed by atoms with van der Waals surface area (Å²) in [6.45, 7) is 1.77. The number of hydrogen-bond donors (Lipinski definition) is 1. The van der Waals surface area contributed by atoms with Gasteiger partial charge in [-0.2, -0.15) is 0 Å². The molecule has 0 spiro atoms. The topological polar surface area (TPSA) is 32.3 Å². The minimum absolute atomic E-state index is 0.242. The van der Waals surface area contributed by atoms with Gasteiger partial charge in [0.2, 0.25) is 0 Å². The van der Waals surface area contributed by atoms with Crippen molar-refractivity contribution in [3.05, 3.63) is 69.0 Å². The Morgan fingerprint density at radius 2 is 1.96 bits per heavy atom. The molecular formula is C21H17Cl2FN2O. The third-order valence-corrected chi connectivity index (χ3v) is 5.70. The summed E-state index contributed by atoms with van der Waals surface area (Å²) in [6, 6.07) is 7.85. The van der Waals surface area contributed by atoms with Crippen molar-refractivity contribution in [3.8, 4) is 0 Å². The molecule has 2 aromatic rings. The van der Waals surface area contributed by atoms with E-state index in [-0.39, 0.29) is 11.7 Å². The van der Waals surface area contributed by atoms with E-state index in [9.17, 15) is 9.18 Å². The average Bonchev–Trinajstić information content (AvgIpc) is 2.98. The molecule has 2 aromatic carbocycles. The van der Waals surface area contributed by atoms with Crippen LogP contribution < -0.4 is 5.32 Å². The fourth-order valence-corrected chi connectivity index (χ4v) is 3.85. The van der Waals surface area contributed by atoms with Gasteiger partial charge in [0.1, 0.15) is 5.82 Å². The van der Waals surface area contributed by atoms with Gasteiger partial charge in [-0.15, -0.1) is 0 Å². The van der Waals surface area contributed by atoms with E-state index in [1.165, 1.54) is 12.1 Å². The molecule has 138 valence electrons. The Labute approximate surface area is 167 Å². The Morgan fingerprint density at radius 3 is 2.63 bits per heavy atom. The van der Waals surface area contributed by atoms with Crippen LogP contribution in [0, 0.1) is 5.82 Å². The van der Waals surface area contributed by atoms with Crippen LogP contribution in [0.5, 0.6) is 0 Å². The van der Waals surface area contributed by atoms with Crippen molar-refractivity contribution in [2.75, 3.05) is 25.5 Å². The second kappa shape index (κ2) is 7.12. The van der Waals surface area contributed by atoms with Crippen LogP contribution in [0.4, 0.5) is 10.1 Å². The molecule has 1 amide bonds. The van der Waals surface area contributed by atoms with Crippen LogP contribution in [0.3, 0.4) is 0 Å². The fourth-order valence-electron chi connectivity index (χ4n) is 3.45. The van der Waals surface area contributed by atoms with Crippen molar-refractivity contribution >= 4 is 52.0 Å². The van der Waals surface area contributed by atoms with Crippen molar-refractivity contribution < 1.29 is 9.18 Å². The van der Waals surface area contributed by atoms with E-state index < -0.39 is 0 Å². The maximum atomic E-state index is 13.2. The monoisotopic (exact) mass is 402 g/mol. The fraction of sp³-hybridized carbons (Fsp3) is 0.190. The normalized spacial score (nSPS) is 18.4. The van der Waals surface area contributed by atoms with E-state index in [1.807, 2.05) is 6.07 Å². The van der Waals surface area contributed by atoms with E-state index in [1.54, 1.807) is 18.2 Å². The zero-order valence-corrected chi connectivity index (χ0v) is 16.2. The molecule has 1 N–H and O–H groups in total. The lowest BCUT2D eigenvalue weighted by molar-refractivity contribution is -0.110. The van der Waals surface area contributed by atoms with Gasteiger partial charge in [0, 0.05) is 18.7 Å². The minimum Gasteiger partial charge on any atom is -0.320 e. The molecule has 3 nitrogen and oxygen atoms in total. The number of hydrogen-bond acceptors (Lipinski definition) is 2. The maximum Gasteiger partial charge on any atom is 0.256 e. The van der Waals surface area contributed by atoms with E-state index in [2.05, 4.69) is 23.3 Å². The van der Waals surface area contributed by atoms with Gasteiger partial charge in [-0.25, -0.2) is 4.39 Å². The maximum absolute atomic E-state index is 13.2. The van der Waals surface area contributed by atoms with Crippen molar-refractivity contribution in [3.63, 3.8) is 0 Å². The third kappa shape index (κ3) is 3.41. The number of carbonyl (C=O) groups excluding carboxylic acids is 1. The van der Waals surface area contributed by atoms with Crippen molar-refractivity contribution in [2.45, 2.75) is 6.42 Å². The highest BCUT2D eigenvalue weighted by atomic mass is 35.5. The van der Waals surface area contributed by atoms with Crippen LogP contribution in [0.15, 0.2) is 36.4 Å². The molecule has 0 saturated heterocycles. The first-order chi connectivity index (χ1) is 12.9. The van der Waals surface area contributed by atoms with Gasteiger partial charge in [-0.1, -0.05) is 41.4 Å². The van der Waals surface area contributed by atoms with E-state index in [0.29, 0.717) is 21.3 Å². The number of nitrogens with zero attached hydrogens (tertiary/aromatic N) is 1. The van der Waals surface area contributed by atoms with Gasteiger partial charge < -0.3 is 10.2 Å². The quantitative estimate of drug-likeness (QED) is 0.687. The lowest BCUT2D eigenvalue weighted by Gasteiger charge is -2.23. The van der Waals surface area contributed by atoms with Crippen LogP contribution >= 0.6 is 23.2 Å². The lowest BCUT2D eigenvalue weighted by atomic mass is 9.90. The highest BCUT2D eigenvalue weighted by Gasteiger charge is 2.31. The molecule has 4 rings (SSSR count). The SMILES string of the molecule is CN1CC=C(c2cc(Cl)c(Cl)c3c2/C(=C/c2ccc(F)cc2)C(=O)N3)CC1. The Bertz CT molecular complexity index is 996. The highest BCUT2D eigenvalue weighted by Crippen LogP contribution is 2.46. The third-order valence-electron chi connectivity index (χ3n) is 4.91. The molecule has 6 heteroatoms. The summed E-state index contributed by atoms with van der Waals surface area (Å²) in [5.74, 6) is -0.561. The molecule has 0 radical (unpaired) electrons. The first-order valence-electron chi connectivity index (χ1n) is 8.63. The van der Waals surface area contributed by atoms with E-state index >= 15 is 0 Å². The zero-order valence-electron chi connectivity index (χ0n) is 14.7. The minimum atomic E-state index is -0.319. The number of benzene rings is 2. The van der Waals surface area contributed by atoms with Gasteiger partial charge >= 0.3 is 0 Å². The van der Waals surface area contributed by atoms with Gasteiger partial charge in [0.05, 0.1) is 21.3 Å². The number of fused-ring (bicyclic) bond motifs is 1. The van der Waals surface area contributed by atoms with Gasteiger partial charge in [-0.3, -0.25) is 4.79 Å². The highest BCUT2D eigenvalue weighted by molar-refractivity contribution is 6.47. The first kappa shape index (κ1) is 18.2. The molecule has 27 heavy (non-hydrogen) atoms. The standard InChI is InChI=1S/C21H17Cl2FN2O/c1-26-8-6-13(7-9-26)15-11-17(22)19(23)20-18(15)16(21(27)25-20)10-12-2-4-14(24)5-3-12/h2-6,10-11H,7-9H2,1H3,(H,25,27)/b16-10-. The van der Waals surface area contributed by atoms with Crippen LogP contribution in [0.25, 0.3) is 17.2 Å². The Morgan fingerprint density at radius 1 is 1.22 bits per heavy atom. The molecule has 0 unspecified atom stereocenters. The van der Waals surface area contributed by atoms with Crippen LogP contribution in [-0.4, -0.2) is 30.9 Å². The van der Waals surface area contributed by atoms with Gasteiger partial charge in [-0.05, 0) is 54.4 Å². The number of halogens is 3. The molecular weight excluding hydrogens is 386 g/mol. The Hall–Kier alpha value is -2.14. The molecule has 2 aliphatic heterocycles. The zero-order chi connectivity index (χ0) is 19.1. The number of rotatable bonds is 2. The molecule has 2 aliphatic rings. The molecule has 0 aliphatic carbocycles. The van der Waals surface area contributed by atoms with Crippen molar-refractivity contribution in [2.24, 2.45) is 0 Å². The summed E-state index contributed by atoms with van der Waals surface area (Å²) >= 11 is 12.7. The smallest absolute Gasteiger partial charge is 0.256 e. The Kier molecular flexibility index (Phi) is 4.81. The number of nitrogens with one attached hydrogen (secondary N) is 1. The Balaban J connectivity index is 1.89. The van der Waals surface area contributed by atoms with E-state index in [4.69, 9.17) is 23.2 Å². The second-order valence-electron chi connectivity index (χ2n) is 6.78. The number of anilines is 1. The summed E-state index contributed by atoms with van der Waals surface area (Å²) in [5.41, 5.74) is 4.60. The van der Waals surface area contributed by atoms with Crippen LogP contribution in [0.1, 0.15) is 23.1 Å². The molecule has 0 fully saturated rings. The number of likely N-dealkylation sites (N-methyl/N-ethyl adjacent to an activating group) is 1. The van der Waals surface area contributed by atoms with Crippen LogP contribution in [0.2, 0.25) is 10.0 Å². The number of amides is 1. The second-order valence-corrected chi connectivity index (χ2v) is 7.56. The van der Waals surface area contributed by atoms with Crippen LogP contribution in [-0.2, 0) is 4.79 Å². The molecule has 2 heterocycles. The molecule has 0 saturated carbocycles. The largest absolute Gasteiger partial charge is 0.320 e. The molecule has 0 bridgehead atoms. The predicted octanol–water partition coefficient (Wildman–Crippen LogP) is 5.34. The summed E-state index contributed by atoms with van der Waals surface area (Å²) in [7, 11) is 2.07. The summed E-state index contributed by atoms with van der Waals surface area (Å²) < 4.78 is 13.2. The summed E-state index contributed by atoms with van der Waals surface area (Å²) in [4.78, 5) is 14.9. The molecule has 0 aromatic heterocycles. The average molecular weight is 403 g/mol. The van der Waals surface area contributed by atoms with Crippen molar-refractivity contribution in [1.82, 2.24) is 4.90 Å². The summed E-state index contributed by atoms with van der Waals surface area (Å²) in [5, 5.41) is 3.59.